The lowest BCUT2D eigenvalue weighted by atomic mass is 10.0. The first-order valence-corrected chi connectivity index (χ1v) is 11.8. The lowest BCUT2D eigenvalue weighted by Crippen LogP contribution is -2.35. The van der Waals surface area contributed by atoms with Crippen molar-refractivity contribution in [2.24, 2.45) is 0 Å². The Kier molecular flexibility index (Phi) is 5.65. The fourth-order valence-electron chi connectivity index (χ4n) is 4.45. The van der Waals surface area contributed by atoms with Crippen LogP contribution in [-0.2, 0) is 13.1 Å². The van der Waals surface area contributed by atoms with E-state index in [4.69, 9.17) is 15.0 Å². The van der Waals surface area contributed by atoms with E-state index >= 15 is 0 Å². The van der Waals surface area contributed by atoms with Crippen LogP contribution in [0.2, 0.25) is 0 Å². The zero-order chi connectivity index (χ0) is 21.2. The van der Waals surface area contributed by atoms with Gasteiger partial charge in [0.2, 0.25) is 0 Å². The van der Waals surface area contributed by atoms with Crippen molar-refractivity contribution < 1.29 is 0 Å². The Balaban J connectivity index is 1.44. The summed E-state index contributed by atoms with van der Waals surface area (Å²) in [6, 6.07) is 10.6. The number of nitrogens with one attached hydrogen (secondary N) is 1. The monoisotopic (exact) mass is 433 g/mol. The van der Waals surface area contributed by atoms with Gasteiger partial charge in [0.15, 0.2) is 5.13 Å². The van der Waals surface area contributed by atoms with Crippen LogP contribution in [0.25, 0.3) is 11.0 Å². The first-order chi connectivity index (χ1) is 15.2. The first-order valence-electron chi connectivity index (χ1n) is 10.9. The van der Waals surface area contributed by atoms with E-state index in [1.807, 2.05) is 18.4 Å². The fourth-order valence-corrected chi connectivity index (χ4v) is 4.99. The topological polar surface area (TPSA) is 71.8 Å². The summed E-state index contributed by atoms with van der Waals surface area (Å²) in [6.07, 6.45) is 5.24. The summed E-state index contributed by atoms with van der Waals surface area (Å²) in [6.45, 7) is 6.97. The van der Waals surface area contributed by atoms with Crippen molar-refractivity contribution in [3.8, 4) is 0 Å². The maximum absolute atomic E-state index is 4.95. The van der Waals surface area contributed by atoms with Crippen LogP contribution in [0.3, 0.4) is 0 Å². The maximum atomic E-state index is 4.95. The van der Waals surface area contributed by atoms with Gasteiger partial charge in [0.25, 0.3) is 0 Å². The highest BCUT2D eigenvalue weighted by Crippen LogP contribution is 2.32. The van der Waals surface area contributed by atoms with Gasteiger partial charge < -0.3 is 9.88 Å². The smallest absolute Gasteiger partial charge is 0.188 e. The Morgan fingerprint density at radius 2 is 2.06 bits per heavy atom. The Bertz CT molecular complexity index is 1170. The van der Waals surface area contributed by atoms with Gasteiger partial charge in [-0.05, 0) is 45.4 Å². The molecule has 8 heteroatoms. The molecule has 1 unspecified atom stereocenters. The molecule has 4 heterocycles. The van der Waals surface area contributed by atoms with Crippen molar-refractivity contribution in [3.05, 3.63) is 59.3 Å². The van der Waals surface area contributed by atoms with E-state index in [9.17, 15) is 0 Å². The number of aromatic nitrogens is 5. The lowest BCUT2D eigenvalue weighted by Gasteiger charge is -2.34. The van der Waals surface area contributed by atoms with Gasteiger partial charge in [-0.1, -0.05) is 18.6 Å². The number of fused-ring (bicyclic) bond motifs is 1. The lowest BCUT2D eigenvalue weighted by molar-refractivity contribution is 0.129. The van der Waals surface area contributed by atoms with E-state index in [2.05, 4.69) is 51.0 Å². The molecule has 1 aromatic carbocycles. The Labute approximate surface area is 186 Å². The van der Waals surface area contributed by atoms with E-state index in [0.29, 0.717) is 0 Å². The molecule has 4 aromatic rings. The summed E-state index contributed by atoms with van der Waals surface area (Å²) >= 11 is 1.57. The largest absolute Gasteiger partial charge is 0.327 e. The second-order valence-electron chi connectivity index (χ2n) is 7.96. The van der Waals surface area contributed by atoms with E-state index in [1.54, 1.807) is 17.5 Å². The number of thiazole rings is 1. The standard InChI is InChI=1S/C23H27N7S/c1-3-30-18-9-5-4-8-17(18)26-21(30)15-29-12-7-6-10-19(29)22-25-16(2)14-20(27-22)28-23-24-11-13-31-23/h4-5,8-9,11,13-14,19H,3,6-7,10,12,15H2,1-2H3,(H,24,25,27,28). The summed E-state index contributed by atoms with van der Waals surface area (Å²) in [7, 11) is 0. The Morgan fingerprint density at radius 3 is 2.90 bits per heavy atom. The number of hydrogen-bond donors (Lipinski definition) is 1. The summed E-state index contributed by atoms with van der Waals surface area (Å²) in [5.41, 5.74) is 3.24. The average Bonchev–Trinajstić information content (AvgIpc) is 3.40. The second kappa shape index (κ2) is 8.72. The number of nitrogens with zero attached hydrogens (tertiary/aromatic N) is 6. The maximum Gasteiger partial charge on any atom is 0.188 e. The summed E-state index contributed by atoms with van der Waals surface area (Å²) in [5, 5.41) is 6.13. The summed E-state index contributed by atoms with van der Waals surface area (Å²) < 4.78 is 2.33. The van der Waals surface area contributed by atoms with Crippen LogP contribution in [0.5, 0.6) is 0 Å². The molecule has 0 bridgehead atoms. The minimum absolute atomic E-state index is 0.190. The van der Waals surface area contributed by atoms with Gasteiger partial charge >= 0.3 is 0 Å². The third kappa shape index (κ3) is 4.18. The zero-order valence-electron chi connectivity index (χ0n) is 18.0. The van der Waals surface area contributed by atoms with Gasteiger partial charge in [-0.3, -0.25) is 4.90 Å². The molecule has 1 fully saturated rings. The van der Waals surface area contributed by atoms with Gasteiger partial charge in [-0.15, -0.1) is 11.3 Å². The number of imidazole rings is 1. The van der Waals surface area contributed by atoms with Crippen LogP contribution in [-0.4, -0.2) is 35.9 Å². The van der Waals surface area contributed by atoms with Crippen molar-refractivity contribution in [3.63, 3.8) is 0 Å². The molecule has 3 aromatic heterocycles. The van der Waals surface area contributed by atoms with E-state index in [1.165, 1.54) is 18.4 Å². The Morgan fingerprint density at radius 1 is 1.16 bits per heavy atom. The number of para-hydroxylation sites is 2. The minimum Gasteiger partial charge on any atom is -0.327 e. The van der Waals surface area contributed by atoms with Gasteiger partial charge in [0, 0.05) is 29.9 Å². The second-order valence-corrected chi connectivity index (χ2v) is 8.85. The average molecular weight is 434 g/mol. The van der Waals surface area contributed by atoms with Gasteiger partial charge in [-0.25, -0.2) is 19.9 Å². The molecule has 7 nitrogen and oxygen atoms in total. The van der Waals surface area contributed by atoms with Crippen molar-refractivity contribution in [1.29, 1.82) is 0 Å². The van der Waals surface area contributed by atoms with Crippen LogP contribution >= 0.6 is 11.3 Å². The predicted molar refractivity (Wildman–Crippen MR) is 125 cm³/mol. The molecule has 31 heavy (non-hydrogen) atoms. The van der Waals surface area contributed by atoms with Crippen LogP contribution in [0.15, 0.2) is 41.9 Å². The number of hydrogen-bond acceptors (Lipinski definition) is 7. The normalized spacial score (nSPS) is 17.3. The predicted octanol–water partition coefficient (Wildman–Crippen LogP) is 5.08. The van der Waals surface area contributed by atoms with Crippen LogP contribution in [0, 0.1) is 6.92 Å². The number of likely N-dealkylation sites (tertiary alicyclic amines) is 1. The number of rotatable bonds is 6. The number of anilines is 2. The van der Waals surface area contributed by atoms with Crippen molar-refractivity contribution in [2.75, 3.05) is 11.9 Å². The quantitative estimate of drug-likeness (QED) is 0.457. The molecule has 1 aliphatic heterocycles. The molecule has 1 saturated heterocycles. The molecule has 0 amide bonds. The summed E-state index contributed by atoms with van der Waals surface area (Å²) in [5.74, 6) is 2.81. The van der Waals surface area contributed by atoms with E-state index in [-0.39, 0.29) is 6.04 Å². The molecule has 1 N–H and O–H groups in total. The van der Waals surface area contributed by atoms with Crippen LogP contribution < -0.4 is 5.32 Å². The number of aryl methyl sites for hydroxylation is 2. The van der Waals surface area contributed by atoms with Crippen LogP contribution in [0.1, 0.15) is 49.6 Å². The third-order valence-corrected chi connectivity index (χ3v) is 6.53. The van der Waals surface area contributed by atoms with Gasteiger partial charge in [-0.2, -0.15) is 0 Å². The SMILES string of the molecule is CCn1c(CN2CCCCC2c2nc(C)cc(Nc3nccs3)n2)nc2ccccc21. The fraction of sp³-hybridized carbons (Fsp3) is 0.391. The molecule has 0 aliphatic carbocycles. The molecule has 0 spiro atoms. The molecule has 0 saturated carbocycles. The van der Waals surface area contributed by atoms with Gasteiger partial charge in [0.05, 0.1) is 23.6 Å². The highest BCUT2D eigenvalue weighted by molar-refractivity contribution is 7.13. The summed E-state index contributed by atoms with van der Waals surface area (Å²) in [4.78, 5) is 21.5. The van der Waals surface area contributed by atoms with Crippen molar-refractivity contribution >= 4 is 33.3 Å². The van der Waals surface area contributed by atoms with E-state index < -0.39 is 0 Å². The molecular weight excluding hydrogens is 406 g/mol. The first kappa shape index (κ1) is 20.1. The minimum atomic E-state index is 0.190. The molecule has 1 aliphatic rings. The van der Waals surface area contributed by atoms with Crippen molar-refractivity contribution in [2.45, 2.75) is 52.2 Å². The van der Waals surface area contributed by atoms with Crippen molar-refractivity contribution in [1.82, 2.24) is 29.4 Å². The third-order valence-electron chi connectivity index (χ3n) is 5.84. The molecular formula is C23H27N7S. The van der Waals surface area contributed by atoms with Gasteiger partial charge in [0.1, 0.15) is 17.5 Å². The number of benzene rings is 1. The van der Waals surface area contributed by atoms with Crippen LogP contribution in [0.4, 0.5) is 10.9 Å². The molecule has 0 radical (unpaired) electrons. The highest BCUT2D eigenvalue weighted by atomic mass is 32.1. The highest BCUT2D eigenvalue weighted by Gasteiger charge is 2.28. The number of piperidine rings is 1. The Hall–Kier alpha value is -2.84. The zero-order valence-corrected chi connectivity index (χ0v) is 18.8. The van der Waals surface area contributed by atoms with E-state index in [0.717, 1.165) is 59.9 Å². The molecule has 5 rings (SSSR count). The molecule has 1 atom stereocenters. The molecule has 160 valence electrons.